The van der Waals surface area contributed by atoms with Gasteiger partial charge in [-0.2, -0.15) is 0 Å². The molecule has 106 valence electrons. The number of benzene rings is 1. The van der Waals surface area contributed by atoms with Gasteiger partial charge >= 0.3 is 0 Å². The molecule has 0 aliphatic carbocycles. The number of hydrogen-bond acceptors (Lipinski definition) is 3. The Labute approximate surface area is 115 Å². The van der Waals surface area contributed by atoms with Crippen LogP contribution in [0.5, 0.6) is 5.75 Å². The van der Waals surface area contributed by atoms with Crippen molar-refractivity contribution in [2.45, 2.75) is 26.8 Å². The Morgan fingerprint density at radius 3 is 2.84 bits per heavy atom. The van der Waals surface area contributed by atoms with Gasteiger partial charge in [0.2, 0.25) is 5.91 Å². The summed E-state index contributed by atoms with van der Waals surface area (Å²) in [6, 6.07) is 7.82. The molecule has 0 fully saturated rings. The van der Waals surface area contributed by atoms with Crippen molar-refractivity contribution in [1.29, 1.82) is 0 Å². The predicted octanol–water partition coefficient (Wildman–Crippen LogP) is 1.95. The van der Waals surface area contributed by atoms with E-state index in [1.807, 2.05) is 24.3 Å². The maximum atomic E-state index is 11.5. The fraction of sp³-hybridized carbons (Fsp3) is 0.533. The van der Waals surface area contributed by atoms with Crippen LogP contribution in [0.15, 0.2) is 24.3 Å². The van der Waals surface area contributed by atoms with Gasteiger partial charge in [-0.05, 0) is 30.0 Å². The van der Waals surface area contributed by atoms with E-state index in [0.29, 0.717) is 19.0 Å². The summed E-state index contributed by atoms with van der Waals surface area (Å²) in [5.74, 6) is 1.49. The normalized spacial score (nSPS) is 10.5. The van der Waals surface area contributed by atoms with Crippen molar-refractivity contribution < 1.29 is 9.53 Å². The number of carbonyl (C=O) groups is 1. The van der Waals surface area contributed by atoms with Crippen LogP contribution in [0.2, 0.25) is 0 Å². The second-order valence-electron chi connectivity index (χ2n) is 4.99. The van der Waals surface area contributed by atoms with Crippen molar-refractivity contribution in [1.82, 2.24) is 10.6 Å². The largest absolute Gasteiger partial charge is 0.497 e. The third-order valence-corrected chi connectivity index (χ3v) is 2.79. The summed E-state index contributed by atoms with van der Waals surface area (Å²) in [4.78, 5) is 11.5. The lowest BCUT2D eigenvalue weighted by Crippen LogP contribution is -2.34. The van der Waals surface area contributed by atoms with Crippen LogP contribution in [0, 0.1) is 5.92 Å². The van der Waals surface area contributed by atoms with Crippen LogP contribution in [0.25, 0.3) is 0 Å². The van der Waals surface area contributed by atoms with Crippen LogP contribution < -0.4 is 15.4 Å². The minimum atomic E-state index is 0.0450. The van der Waals surface area contributed by atoms with Gasteiger partial charge in [-0.25, -0.2) is 0 Å². The van der Waals surface area contributed by atoms with Crippen LogP contribution >= 0.6 is 0 Å². The lowest BCUT2D eigenvalue weighted by molar-refractivity contribution is -0.120. The smallest absolute Gasteiger partial charge is 0.233 e. The summed E-state index contributed by atoms with van der Waals surface area (Å²) in [7, 11) is 1.65. The summed E-state index contributed by atoms with van der Waals surface area (Å²) < 4.78 is 5.15. The molecule has 4 nitrogen and oxygen atoms in total. The molecule has 0 saturated carbocycles. The van der Waals surface area contributed by atoms with E-state index in [2.05, 4.69) is 24.5 Å². The van der Waals surface area contributed by atoms with Crippen molar-refractivity contribution in [2.24, 2.45) is 5.92 Å². The van der Waals surface area contributed by atoms with E-state index in [9.17, 15) is 4.79 Å². The molecule has 0 heterocycles. The molecule has 1 rings (SSSR count). The zero-order chi connectivity index (χ0) is 14.1. The first-order valence-electron chi connectivity index (χ1n) is 6.72. The van der Waals surface area contributed by atoms with Crippen LogP contribution in [0.4, 0.5) is 0 Å². The topological polar surface area (TPSA) is 50.4 Å². The van der Waals surface area contributed by atoms with Gasteiger partial charge in [0.25, 0.3) is 0 Å². The molecule has 1 aromatic rings. The predicted molar refractivity (Wildman–Crippen MR) is 77.2 cm³/mol. The van der Waals surface area contributed by atoms with Crippen LogP contribution in [0.1, 0.15) is 25.8 Å². The molecule has 2 N–H and O–H groups in total. The van der Waals surface area contributed by atoms with Gasteiger partial charge in [0.1, 0.15) is 5.75 Å². The zero-order valence-corrected chi connectivity index (χ0v) is 12.0. The molecule has 0 saturated heterocycles. The number of carbonyl (C=O) groups excluding carboxylic acids is 1. The molecular formula is C15H24N2O2. The van der Waals surface area contributed by atoms with Crippen molar-refractivity contribution in [3.8, 4) is 5.75 Å². The van der Waals surface area contributed by atoms with Gasteiger partial charge in [-0.3, -0.25) is 4.79 Å². The minimum absolute atomic E-state index is 0.0450. The highest BCUT2D eigenvalue weighted by atomic mass is 16.5. The molecule has 1 amide bonds. The molecular weight excluding hydrogens is 240 g/mol. The standard InChI is InChI=1S/C15H24N2O2/c1-12(2)7-8-17-15(18)11-16-10-13-5-4-6-14(9-13)19-3/h4-6,9,12,16H,7-8,10-11H2,1-3H3,(H,17,18). The van der Waals surface area contributed by atoms with E-state index in [1.165, 1.54) is 0 Å². The summed E-state index contributed by atoms with van der Waals surface area (Å²) >= 11 is 0. The summed E-state index contributed by atoms with van der Waals surface area (Å²) in [5, 5.41) is 6.02. The molecule has 4 heteroatoms. The Morgan fingerprint density at radius 2 is 2.16 bits per heavy atom. The average Bonchev–Trinajstić information content (AvgIpc) is 2.38. The number of nitrogens with one attached hydrogen (secondary N) is 2. The fourth-order valence-electron chi connectivity index (χ4n) is 1.67. The first-order valence-corrected chi connectivity index (χ1v) is 6.72. The molecule has 0 atom stereocenters. The van der Waals surface area contributed by atoms with E-state index in [4.69, 9.17) is 4.74 Å². The van der Waals surface area contributed by atoms with E-state index in [0.717, 1.165) is 24.3 Å². The molecule has 0 aliphatic rings. The van der Waals surface area contributed by atoms with Crippen molar-refractivity contribution in [2.75, 3.05) is 20.2 Å². The second kappa shape index (κ2) is 8.53. The minimum Gasteiger partial charge on any atom is -0.497 e. The third kappa shape index (κ3) is 6.82. The Morgan fingerprint density at radius 1 is 1.37 bits per heavy atom. The van der Waals surface area contributed by atoms with Crippen molar-refractivity contribution >= 4 is 5.91 Å². The molecule has 0 spiro atoms. The molecule has 0 unspecified atom stereocenters. The fourth-order valence-corrected chi connectivity index (χ4v) is 1.67. The summed E-state index contributed by atoms with van der Waals surface area (Å²) in [5.41, 5.74) is 1.11. The number of rotatable bonds is 8. The van der Waals surface area contributed by atoms with Crippen molar-refractivity contribution in [3.05, 3.63) is 29.8 Å². The third-order valence-electron chi connectivity index (χ3n) is 2.79. The first-order chi connectivity index (χ1) is 9.11. The molecule has 0 bridgehead atoms. The second-order valence-corrected chi connectivity index (χ2v) is 4.99. The lowest BCUT2D eigenvalue weighted by atomic mass is 10.1. The maximum absolute atomic E-state index is 11.5. The molecule has 19 heavy (non-hydrogen) atoms. The molecule has 0 aromatic heterocycles. The highest BCUT2D eigenvalue weighted by Gasteiger charge is 2.01. The number of hydrogen-bond donors (Lipinski definition) is 2. The first kappa shape index (κ1) is 15.5. The quantitative estimate of drug-likeness (QED) is 0.754. The van der Waals surface area contributed by atoms with E-state index in [-0.39, 0.29) is 5.91 Å². The van der Waals surface area contributed by atoms with Gasteiger partial charge in [0.15, 0.2) is 0 Å². The Balaban J connectivity index is 2.20. The number of methoxy groups -OCH3 is 1. The van der Waals surface area contributed by atoms with Crippen LogP contribution in [0.3, 0.4) is 0 Å². The summed E-state index contributed by atoms with van der Waals surface area (Å²) in [6.45, 7) is 6.04. The van der Waals surface area contributed by atoms with E-state index in [1.54, 1.807) is 7.11 Å². The SMILES string of the molecule is COc1cccc(CNCC(=O)NCCC(C)C)c1. The van der Waals surface area contributed by atoms with Gasteiger partial charge in [-0.1, -0.05) is 26.0 Å². The maximum Gasteiger partial charge on any atom is 0.233 e. The van der Waals surface area contributed by atoms with Gasteiger partial charge in [-0.15, -0.1) is 0 Å². The highest BCUT2D eigenvalue weighted by molar-refractivity contribution is 5.77. The average molecular weight is 264 g/mol. The van der Waals surface area contributed by atoms with Crippen LogP contribution in [-0.2, 0) is 11.3 Å². The van der Waals surface area contributed by atoms with Gasteiger partial charge in [0.05, 0.1) is 13.7 Å². The van der Waals surface area contributed by atoms with Gasteiger partial charge < -0.3 is 15.4 Å². The van der Waals surface area contributed by atoms with E-state index >= 15 is 0 Å². The Kier molecular flexibility index (Phi) is 6.97. The summed E-state index contributed by atoms with van der Waals surface area (Å²) in [6.07, 6.45) is 1.02. The monoisotopic (exact) mass is 264 g/mol. The van der Waals surface area contributed by atoms with Gasteiger partial charge in [0, 0.05) is 13.1 Å². The molecule has 0 radical (unpaired) electrons. The lowest BCUT2D eigenvalue weighted by Gasteiger charge is -2.08. The van der Waals surface area contributed by atoms with E-state index < -0.39 is 0 Å². The van der Waals surface area contributed by atoms with Crippen LogP contribution in [-0.4, -0.2) is 26.1 Å². The highest BCUT2D eigenvalue weighted by Crippen LogP contribution is 2.11. The molecule has 0 aliphatic heterocycles. The molecule has 1 aromatic carbocycles. The zero-order valence-electron chi connectivity index (χ0n) is 12.0. The number of amides is 1. The number of ether oxygens (including phenoxy) is 1. The Bertz CT molecular complexity index is 391. The van der Waals surface area contributed by atoms with Crippen molar-refractivity contribution in [3.63, 3.8) is 0 Å². The Hall–Kier alpha value is -1.55.